The van der Waals surface area contributed by atoms with E-state index in [4.69, 9.17) is 4.74 Å². The zero-order chi connectivity index (χ0) is 11.1. The van der Waals surface area contributed by atoms with Crippen molar-refractivity contribution in [2.45, 2.75) is 18.9 Å². The summed E-state index contributed by atoms with van der Waals surface area (Å²) in [6, 6.07) is 3.11. The first kappa shape index (κ1) is 14.5. The zero-order valence-corrected chi connectivity index (χ0v) is 11.8. The Balaban J connectivity index is 0.00000128. The van der Waals surface area contributed by atoms with E-state index < -0.39 is 18.3 Å². The van der Waals surface area contributed by atoms with Gasteiger partial charge in [0.15, 0.2) is 5.75 Å². The monoisotopic (exact) mass is 258 g/mol. The van der Waals surface area contributed by atoms with Crippen LogP contribution in [0.4, 0.5) is 17.3 Å². The molecule has 0 N–H and O–H groups in total. The molecule has 0 spiro atoms. The Kier molecular flexibility index (Phi) is 4.89. The van der Waals surface area contributed by atoms with Crippen LogP contribution in [0.25, 0.3) is 0 Å². The van der Waals surface area contributed by atoms with Gasteiger partial charge < -0.3 is 17.7 Å². The third-order valence-corrected chi connectivity index (χ3v) is 2.16. The largest absolute Gasteiger partial charge is 1.00 e. The van der Waals surface area contributed by atoms with E-state index in [1.54, 1.807) is 0 Å². The van der Waals surface area contributed by atoms with Crippen LogP contribution >= 0.6 is 0 Å². The Morgan fingerprint density at radius 1 is 1.19 bits per heavy atom. The molecule has 0 radical (unpaired) electrons. The Morgan fingerprint density at radius 3 is 2.31 bits per heavy atom. The van der Waals surface area contributed by atoms with E-state index in [9.17, 15) is 17.3 Å². The van der Waals surface area contributed by atoms with Crippen LogP contribution in [-0.2, 0) is 0 Å². The normalized spacial score (nSPS) is 15.5. The average molecular weight is 258 g/mol. The first-order chi connectivity index (χ1) is 6.98. The summed E-state index contributed by atoms with van der Waals surface area (Å²) in [6.07, 6.45) is 1.44. The van der Waals surface area contributed by atoms with Crippen molar-refractivity contribution < 1.29 is 73.5 Å². The van der Waals surface area contributed by atoms with E-state index in [0.717, 1.165) is 25.0 Å². The molecule has 0 aromatic heterocycles. The van der Waals surface area contributed by atoms with E-state index in [0.29, 0.717) is 0 Å². The van der Waals surface area contributed by atoms with Crippen LogP contribution in [0.1, 0.15) is 12.8 Å². The molecule has 82 valence electrons. The van der Waals surface area contributed by atoms with Gasteiger partial charge in [0.2, 0.25) is 0 Å². The molecule has 1 aliphatic carbocycles. The van der Waals surface area contributed by atoms with Gasteiger partial charge in [0, 0.05) is 0 Å². The first-order valence-corrected chi connectivity index (χ1v) is 4.63. The Morgan fingerprint density at radius 2 is 1.81 bits per heavy atom. The van der Waals surface area contributed by atoms with Crippen molar-refractivity contribution in [1.82, 2.24) is 0 Å². The minimum Gasteiger partial charge on any atom is -0.487 e. The van der Waals surface area contributed by atoms with Crippen LogP contribution in [0.3, 0.4) is 0 Å². The first-order valence-electron chi connectivity index (χ1n) is 4.63. The third kappa shape index (κ3) is 3.46. The van der Waals surface area contributed by atoms with Gasteiger partial charge in [-0.2, -0.15) is 0 Å². The number of hydrogen-bond donors (Lipinski definition) is 0. The van der Waals surface area contributed by atoms with E-state index in [1.165, 1.54) is 6.07 Å². The fourth-order valence-electron chi connectivity index (χ4n) is 1.24. The number of hydrogen-bond acceptors (Lipinski definition) is 1. The molecule has 0 aliphatic heterocycles. The summed E-state index contributed by atoms with van der Waals surface area (Å²) < 4.78 is 55.4. The van der Waals surface area contributed by atoms with Crippen molar-refractivity contribution in [2.24, 2.45) is 0 Å². The summed E-state index contributed by atoms with van der Waals surface area (Å²) in [5, 5.41) is 0. The molecule has 1 aromatic carbocycles. The summed E-state index contributed by atoms with van der Waals surface area (Å²) in [6.45, 7) is -5.31. The molecular weight excluding hydrogens is 250 g/mol. The quantitative estimate of drug-likeness (QED) is 0.521. The molecule has 0 amide bonds. The van der Waals surface area contributed by atoms with E-state index in [-0.39, 0.29) is 63.2 Å². The summed E-state index contributed by atoms with van der Waals surface area (Å²) in [4.78, 5) is 0. The van der Waals surface area contributed by atoms with Crippen molar-refractivity contribution in [1.29, 1.82) is 0 Å². The Bertz CT molecular complexity index is 378. The smallest absolute Gasteiger partial charge is 0.487 e. The van der Waals surface area contributed by atoms with Crippen LogP contribution < -0.4 is 61.6 Å². The predicted molar refractivity (Wildman–Crippen MR) is 48.8 cm³/mol. The molecule has 0 bridgehead atoms. The van der Waals surface area contributed by atoms with Crippen molar-refractivity contribution in [3.05, 3.63) is 24.0 Å². The second kappa shape index (κ2) is 5.39. The van der Waals surface area contributed by atoms with Crippen molar-refractivity contribution in [3.63, 3.8) is 0 Å². The van der Waals surface area contributed by atoms with Gasteiger partial charge in [-0.1, -0.05) is 17.6 Å². The average Bonchev–Trinajstić information content (AvgIpc) is 2.90. The fourth-order valence-corrected chi connectivity index (χ4v) is 1.24. The number of ether oxygens (including phenoxy) is 1. The molecule has 1 aliphatic rings. The molecule has 7 heteroatoms. The second-order valence-electron chi connectivity index (χ2n) is 3.55. The van der Waals surface area contributed by atoms with Gasteiger partial charge in [0.25, 0.3) is 0 Å². The van der Waals surface area contributed by atoms with Crippen molar-refractivity contribution in [3.8, 4) is 5.75 Å². The molecule has 1 nitrogen and oxygen atoms in total. The third-order valence-electron chi connectivity index (χ3n) is 2.16. The Labute approximate surface area is 133 Å². The van der Waals surface area contributed by atoms with Gasteiger partial charge in [0.05, 0.1) is 6.10 Å². The second-order valence-corrected chi connectivity index (χ2v) is 3.55. The number of halogens is 4. The standard InChI is InChI=1S/C9H8BF4O.K/c11-9-7(10(12,13)14)2-1-3-8(9)15-6-4-5-6;/h1-3,6H,4-5H2;/q-1;+1. The maximum absolute atomic E-state index is 13.3. The van der Waals surface area contributed by atoms with Crippen LogP contribution in [0.5, 0.6) is 5.75 Å². The van der Waals surface area contributed by atoms with Gasteiger partial charge in [-0.3, -0.25) is 0 Å². The van der Waals surface area contributed by atoms with Crippen LogP contribution in [0.15, 0.2) is 18.2 Å². The molecule has 1 saturated carbocycles. The SMILES string of the molecule is Fc1c(OC2CC2)cccc1[B-](F)(F)F.[K+]. The van der Waals surface area contributed by atoms with Gasteiger partial charge in [0.1, 0.15) is 5.82 Å². The predicted octanol–water partition coefficient (Wildman–Crippen LogP) is -0.575. The van der Waals surface area contributed by atoms with Crippen molar-refractivity contribution >= 4 is 12.4 Å². The van der Waals surface area contributed by atoms with Crippen molar-refractivity contribution in [2.75, 3.05) is 0 Å². The van der Waals surface area contributed by atoms with Gasteiger partial charge >= 0.3 is 58.4 Å². The molecule has 0 heterocycles. The molecule has 0 atom stereocenters. The molecule has 0 unspecified atom stereocenters. The van der Waals surface area contributed by atoms with E-state index >= 15 is 0 Å². The Hall–Kier alpha value is 0.441. The fraction of sp³-hybridized carbons (Fsp3) is 0.333. The molecule has 2 rings (SSSR count). The molecule has 1 aromatic rings. The summed E-state index contributed by atoms with van der Waals surface area (Å²) in [7, 11) is 0. The summed E-state index contributed by atoms with van der Waals surface area (Å²) >= 11 is 0. The maximum Gasteiger partial charge on any atom is 1.00 e. The minimum atomic E-state index is -5.31. The van der Waals surface area contributed by atoms with Crippen LogP contribution in [0, 0.1) is 5.82 Å². The number of benzene rings is 1. The molecule has 16 heavy (non-hydrogen) atoms. The molecular formula is C9H8BF4KO. The van der Waals surface area contributed by atoms with Gasteiger partial charge in [-0.05, 0) is 18.9 Å². The topological polar surface area (TPSA) is 9.23 Å². The zero-order valence-electron chi connectivity index (χ0n) is 8.72. The summed E-state index contributed by atoms with van der Waals surface area (Å²) in [5.41, 5.74) is -1.21. The minimum absolute atomic E-state index is 0. The molecule has 0 saturated heterocycles. The van der Waals surface area contributed by atoms with E-state index in [2.05, 4.69) is 0 Å². The van der Waals surface area contributed by atoms with Crippen LogP contribution in [-0.4, -0.2) is 13.1 Å². The van der Waals surface area contributed by atoms with E-state index in [1.807, 2.05) is 0 Å². The maximum atomic E-state index is 13.3. The van der Waals surface area contributed by atoms with Gasteiger partial charge in [-0.15, -0.1) is 0 Å². The molecule has 1 fully saturated rings. The summed E-state index contributed by atoms with van der Waals surface area (Å²) in [5.74, 6) is -1.59. The number of rotatable bonds is 3. The van der Waals surface area contributed by atoms with Crippen LogP contribution in [0.2, 0.25) is 0 Å². The van der Waals surface area contributed by atoms with Gasteiger partial charge in [-0.25, -0.2) is 4.39 Å².